The second kappa shape index (κ2) is 5.71. The predicted molar refractivity (Wildman–Crippen MR) is 75.4 cm³/mol. The van der Waals surface area contributed by atoms with Gasteiger partial charge < -0.3 is 15.1 Å². The molecule has 0 aliphatic carbocycles. The van der Waals surface area contributed by atoms with Crippen molar-refractivity contribution in [3.05, 3.63) is 35.6 Å². The van der Waals surface area contributed by atoms with E-state index in [0.717, 1.165) is 19.4 Å². The lowest BCUT2D eigenvalue weighted by molar-refractivity contribution is 0.0666. The maximum absolute atomic E-state index is 12.9. The average molecular weight is 291 g/mol. The third-order valence-corrected chi connectivity index (χ3v) is 4.17. The first-order chi connectivity index (χ1) is 10.1. The SMILES string of the molecule is O=C(c1ccc(F)cc1)N1CCC(N2CCNC2=O)CC1. The number of hydrogen-bond acceptors (Lipinski definition) is 2. The molecule has 112 valence electrons. The fourth-order valence-electron chi connectivity index (χ4n) is 2.99. The van der Waals surface area contributed by atoms with Gasteiger partial charge in [0.1, 0.15) is 5.82 Å². The molecule has 0 saturated carbocycles. The fourth-order valence-corrected chi connectivity index (χ4v) is 2.99. The second-order valence-corrected chi connectivity index (χ2v) is 5.46. The van der Waals surface area contributed by atoms with Gasteiger partial charge in [-0.2, -0.15) is 0 Å². The van der Waals surface area contributed by atoms with Crippen LogP contribution in [0.4, 0.5) is 9.18 Å². The Balaban J connectivity index is 1.59. The first-order valence-electron chi connectivity index (χ1n) is 7.24. The van der Waals surface area contributed by atoms with E-state index in [1.807, 2.05) is 4.90 Å². The van der Waals surface area contributed by atoms with Crippen LogP contribution in [0.5, 0.6) is 0 Å². The standard InChI is InChI=1S/C15H18FN3O2/c16-12-3-1-11(2-4-12)14(20)18-8-5-13(6-9-18)19-10-7-17-15(19)21/h1-4,13H,5-10H2,(H,17,21). The molecule has 5 nitrogen and oxygen atoms in total. The number of nitrogens with one attached hydrogen (secondary N) is 1. The van der Waals surface area contributed by atoms with Gasteiger partial charge in [0, 0.05) is 37.8 Å². The molecule has 1 aromatic rings. The number of urea groups is 1. The summed E-state index contributed by atoms with van der Waals surface area (Å²) in [6.07, 6.45) is 1.58. The number of amides is 3. The van der Waals surface area contributed by atoms with Crippen molar-refractivity contribution in [1.29, 1.82) is 0 Å². The summed E-state index contributed by atoms with van der Waals surface area (Å²) in [7, 11) is 0. The Kier molecular flexibility index (Phi) is 3.77. The molecule has 2 aliphatic heterocycles. The fraction of sp³-hybridized carbons (Fsp3) is 0.467. The van der Waals surface area contributed by atoms with Crippen LogP contribution in [-0.4, -0.2) is 54.0 Å². The first kappa shape index (κ1) is 13.9. The number of carbonyl (C=O) groups is 2. The Morgan fingerprint density at radius 3 is 2.38 bits per heavy atom. The van der Waals surface area contributed by atoms with Crippen molar-refractivity contribution in [3.8, 4) is 0 Å². The van der Waals surface area contributed by atoms with Gasteiger partial charge in [-0.25, -0.2) is 9.18 Å². The zero-order valence-corrected chi connectivity index (χ0v) is 11.7. The minimum Gasteiger partial charge on any atom is -0.338 e. The molecular formula is C15H18FN3O2. The summed E-state index contributed by atoms with van der Waals surface area (Å²) in [5.74, 6) is -0.412. The lowest BCUT2D eigenvalue weighted by Gasteiger charge is -2.36. The Morgan fingerprint density at radius 2 is 1.81 bits per heavy atom. The van der Waals surface area contributed by atoms with Gasteiger partial charge in [-0.3, -0.25) is 4.79 Å². The van der Waals surface area contributed by atoms with E-state index in [0.29, 0.717) is 25.2 Å². The minimum atomic E-state index is -0.342. The molecule has 0 aromatic heterocycles. The van der Waals surface area contributed by atoms with E-state index >= 15 is 0 Å². The lowest BCUT2D eigenvalue weighted by atomic mass is 10.0. The molecule has 2 fully saturated rings. The molecule has 2 saturated heterocycles. The number of halogens is 1. The molecule has 0 spiro atoms. The molecule has 1 aromatic carbocycles. The molecule has 2 aliphatic rings. The second-order valence-electron chi connectivity index (χ2n) is 5.46. The van der Waals surface area contributed by atoms with E-state index in [9.17, 15) is 14.0 Å². The highest BCUT2D eigenvalue weighted by Gasteiger charge is 2.32. The number of rotatable bonds is 2. The van der Waals surface area contributed by atoms with E-state index in [1.165, 1.54) is 24.3 Å². The number of likely N-dealkylation sites (tertiary alicyclic amines) is 1. The van der Waals surface area contributed by atoms with E-state index in [-0.39, 0.29) is 23.8 Å². The number of nitrogens with zero attached hydrogens (tertiary/aromatic N) is 2. The molecule has 1 N–H and O–H groups in total. The third kappa shape index (κ3) is 2.84. The monoisotopic (exact) mass is 291 g/mol. The highest BCUT2D eigenvalue weighted by Crippen LogP contribution is 2.20. The molecule has 2 heterocycles. The average Bonchev–Trinajstić information content (AvgIpc) is 2.94. The number of hydrogen-bond donors (Lipinski definition) is 1. The van der Waals surface area contributed by atoms with Crippen molar-refractivity contribution in [2.75, 3.05) is 26.2 Å². The van der Waals surface area contributed by atoms with Crippen molar-refractivity contribution in [2.24, 2.45) is 0 Å². The van der Waals surface area contributed by atoms with E-state index in [1.54, 1.807) is 4.90 Å². The van der Waals surface area contributed by atoms with Crippen LogP contribution in [0.15, 0.2) is 24.3 Å². The quantitative estimate of drug-likeness (QED) is 0.897. The summed E-state index contributed by atoms with van der Waals surface area (Å²) >= 11 is 0. The summed E-state index contributed by atoms with van der Waals surface area (Å²) in [6, 6.07) is 5.83. The van der Waals surface area contributed by atoms with Crippen LogP contribution < -0.4 is 5.32 Å². The van der Waals surface area contributed by atoms with Crippen LogP contribution in [0.25, 0.3) is 0 Å². The minimum absolute atomic E-state index is 0.00156. The highest BCUT2D eigenvalue weighted by atomic mass is 19.1. The van der Waals surface area contributed by atoms with Crippen LogP contribution in [-0.2, 0) is 0 Å². The van der Waals surface area contributed by atoms with Crippen molar-refractivity contribution in [2.45, 2.75) is 18.9 Å². The smallest absolute Gasteiger partial charge is 0.317 e. The topological polar surface area (TPSA) is 52.7 Å². The van der Waals surface area contributed by atoms with Crippen molar-refractivity contribution < 1.29 is 14.0 Å². The number of carbonyl (C=O) groups excluding carboxylic acids is 2. The van der Waals surface area contributed by atoms with Crippen molar-refractivity contribution in [1.82, 2.24) is 15.1 Å². The Morgan fingerprint density at radius 1 is 1.14 bits per heavy atom. The van der Waals surface area contributed by atoms with E-state index in [2.05, 4.69) is 5.32 Å². The van der Waals surface area contributed by atoms with Gasteiger partial charge in [-0.1, -0.05) is 0 Å². The zero-order chi connectivity index (χ0) is 14.8. The van der Waals surface area contributed by atoms with Gasteiger partial charge in [-0.15, -0.1) is 0 Å². The molecule has 21 heavy (non-hydrogen) atoms. The predicted octanol–water partition coefficient (Wildman–Crippen LogP) is 1.46. The van der Waals surface area contributed by atoms with Gasteiger partial charge in [0.25, 0.3) is 5.91 Å². The van der Waals surface area contributed by atoms with Gasteiger partial charge >= 0.3 is 6.03 Å². The Labute approximate surface area is 122 Å². The molecule has 3 amide bonds. The molecule has 0 bridgehead atoms. The number of piperidine rings is 1. The summed E-state index contributed by atoms with van der Waals surface area (Å²) in [6.45, 7) is 2.71. The Bertz CT molecular complexity index is 538. The van der Waals surface area contributed by atoms with Crippen LogP contribution >= 0.6 is 0 Å². The van der Waals surface area contributed by atoms with Gasteiger partial charge in [0.15, 0.2) is 0 Å². The molecule has 6 heteroatoms. The highest BCUT2D eigenvalue weighted by molar-refractivity contribution is 5.94. The normalized spacial score (nSPS) is 19.8. The van der Waals surface area contributed by atoms with Crippen LogP contribution in [0.3, 0.4) is 0 Å². The summed E-state index contributed by atoms with van der Waals surface area (Å²) in [5, 5.41) is 2.80. The third-order valence-electron chi connectivity index (χ3n) is 4.17. The maximum atomic E-state index is 12.9. The van der Waals surface area contributed by atoms with Gasteiger partial charge in [-0.05, 0) is 37.1 Å². The number of benzene rings is 1. The van der Waals surface area contributed by atoms with E-state index < -0.39 is 0 Å². The first-order valence-corrected chi connectivity index (χ1v) is 7.24. The Hall–Kier alpha value is -2.11. The maximum Gasteiger partial charge on any atom is 0.317 e. The zero-order valence-electron chi connectivity index (χ0n) is 11.7. The molecule has 0 atom stereocenters. The van der Waals surface area contributed by atoms with Crippen molar-refractivity contribution >= 4 is 11.9 Å². The van der Waals surface area contributed by atoms with Crippen molar-refractivity contribution in [3.63, 3.8) is 0 Å². The van der Waals surface area contributed by atoms with Crippen LogP contribution in [0.1, 0.15) is 23.2 Å². The summed E-state index contributed by atoms with van der Waals surface area (Å²) in [5.41, 5.74) is 0.508. The van der Waals surface area contributed by atoms with E-state index in [4.69, 9.17) is 0 Å². The molecule has 0 radical (unpaired) electrons. The van der Waals surface area contributed by atoms with Crippen LogP contribution in [0.2, 0.25) is 0 Å². The summed E-state index contributed by atoms with van der Waals surface area (Å²) in [4.78, 5) is 27.6. The van der Waals surface area contributed by atoms with Gasteiger partial charge in [0.2, 0.25) is 0 Å². The van der Waals surface area contributed by atoms with Crippen LogP contribution in [0, 0.1) is 5.82 Å². The largest absolute Gasteiger partial charge is 0.338 e. The summed E-state index contributed by atoms with van der Waals surface area (Å²) < 4.78 is 12.9. The molecular weight excluding hydrogens is 273 g/mol. The van der Waals surface area contributed by atoms with Gasteiger partial charge in [0.05, 0.1) is 0 Å². The molecule has 0 unspecified atom stereocenters. The lowest BCUT2D eigenvalue weighted by Crippen LogP contribution is -2.47. The molecule has 3 rings (SSSR count).